The lowest BCUT2D eigenvalue weighted by Gasteiger charge is -2.27. The van der Waals surface area contributed by atoms with Crippen LogP contribution in [-0.4, -0.2) is 30.1 Å². The Kier molecular flexibility index (Phi) is 4.76. The molecule has 0 radical (unpaired) electrons. The van der Waals surface area contributed by atoms with Crippen LogP contribution in [0.2, 0.25) is 0 Å². The summed E-state index contributed by atoms with van der Waals surface area (Å²) in [5, 5.41) is 11.8. The summed E-state index contributed by atoms with van der Waals surface area (Å²) in [7, 11) is 1.53. The summed E-state index contributed by atoms with van der Waals surface area (Å²) in [4.78, 5) is 23.4. The average Bonchev–Trinajstić information content (AvgIpc) is 2.34. The highest BCUT2D eigenvalue weighted by Gasteiger charge is 2.32. The fourth-order valence-corrected chi connectivity index (χ4v) is 1.82. The summed E-state index contributed by atoms with van der Waals surface area (Å²) < 4.78 is 5.16. The number of hydrogen-bond acceptors (Lipinski definition) is 3. The van der Waals surface area contributed by atoms with Crippen molar-refractivity contribution >= 4 is 11.9 Å². The molecule has 1 amide bonds. The minimum Gasteiger partial charge on any atom is -0.496 e. The van der Waals surface area contributed by atoms with Crippen LogP contribution in [0, 0.1) is 12.3 Å². The largest absolute Gasteiger partial charge is 0.496 e. The number of methoxy groups -OCH3 is 1. The summed E-state index contributed by atoms with van der Waals surface area (Å²) in [6, 6.07) is 4.06. The van der Waals surface area contributed by atoms with Crippen LogP contribution in [0.15, 0.2) is 18.2 Å². The summed E-state index contributed by atoms with van der Waals surface area (Å²) in [5.74, 6) is -0.879. The maximum Gasteiger partial charge on any atom is 0.326 e. The van der Waals surface area contributed by atoms with Gasteiger partial charge in [-0.1, -0.05) is 26.8 Å². The van der Waals surface area contributed by atoms with Gasteiger partial charge in [-0.05, 0) is 30.0 Å². The molecule has 1 atom stereocenters. The van der Waals surface area contributed by atoms with Gasteiger partial charge in [-0.15, -0.1) is 0 Å². The van der Waals surface area contributed by atoms with Crippen molar-refractivity contribution < 1.29 is 19.4 Å². The molecular formula is C15H21NO4. The number of aliphatic carboxylic acids is 1. The van der Waals surface area contributed by atoms with E-state index in [4.69, 9.17) is 4.74 Å². The van der Waals surface area contributed by atoms with E-state index in [0.717, 1.165) is 5.56 Å². The first-order chi connectivity index (χ1) is 9.16. The lowest BCUT2D eigenvalue weighted by molar-refractivity contribution is -0.142. The Bertz CT molecular complexity index is 517. The van der Waals surface area contributed by atoms with Crippen LogP contribution < -0.4 is 10.1 Å². The fourth-order valence-electron chi connectivity index (χ4n) is 1.82. The zero-order chi connectivity index (χ0) is 15.5. The minimum atomic E-state index is -1.05. The van der Waals surface area contributed by atoms with Crippen molar-refractivity contribution in [1.82, 2.24) is 5.32 Å². The van der Waals surface area contributed by atoms with Gasteiger partial charge in [0.05, 0.1) is 7.11 Å². The third-order valence-corrected chi connectivity index (χ3v) is 3.06. The van der Waals surface area contributed by atoms with E-state index in [-0.39, 0.29) is 0 Å². The molecule has 0 heterocycles. The molecule has 5 nitrogen and oxygen atoms in total. The van der Waals surface area contributed by atoms with Crippen LogP contribution in [0.3, 0.4) is 0 Å². The smallest absolute Gasteiger partial charge is 0.326 e. The van der Waals surface area contributed by atoms with Gasteiger partial charge in [0.25, 0.3) is 5.91 Å². The quantitative estimate of drug-likeness (QED) is 0.886. The second kappa shape index (κ2) is 5.94. The summed E-state index contributed by atoms with van der Waals surface area (Å²) in [6.07, 6.45) is 0. The van der Waals surface area contributed by atoms with Gasteiger partial charge < -0.3 is 15.2 Å². The number of carbonyl (C=O) groups is 2. The molecule has 0 fully saturated rings. The predicted octanol–water partition coefficient (Wildman–Crippen LogP) is 2.23. The standard InChI is InChI=1S/C15H21NO4/c1-9-6-7-10(8-11(9)20-5)13(17)16-12(14(18)19)15(2,3)4/h6-8,12H,1-5H3,(H,16,17)(H,18,19)/t12-/m0/s1. The molecule has 1 rings (SSSR count). The predicted molar refractivity (Wildman–Crippen MR) is 76.1 cm³/mol. The van der Waals surface area contributed by atoms with Crippen LogP contribution in [0.5, 0.6) is 5.75 Å². The third kappa shape index (κ3) is 3.73. The lowest BCUT2D eigenvalue weighted by atomic mass is 9.86. The molecule has 1 aromatic rings. The number of rotatable bonds is 4. The number of benzene rings is 1. The zero-order valence-corrected chi connectivity index (χ0v) is 12.5. The summed E-state index contributed by atoms with van der Waals surface area (Å²) in [6.45, 7) is 7.17. The molecule has 0 saturated carbocycles. The van der Waals surface area contributed by atoms with Gasteiger partial charge in [-0.25, -0.2) is 4.79 Å². The number of carboxylic acid groups (broad SMARTS) is 1. The minimum absolute atomic E-state index is 0.378. The topological polar surface area (TPSA) is 75.6 Å². The number of aryl methyl sites for hydroxylation is 1. The third-order valence-electron chi connectivity index (χ3n) is 3.06. The van der Waals surface area contributed by atoms with E-state index < -0.39 is 23.3 Å². The monoisotopic (exact) mass is 279 g/mol. The Hall–Kier alpha value is -2.04. The molecule has 1 aromatic carbocycles. The van der Waals surface area contributed by atoms with E-state index in [1.807, 2.05) is 6.92 Å². The van der Waals surface area contributed by atoms with Crippen molar-refractivity contribution in [3.8, 4) is 5.75 Å². The Labute approximate surface area is 118 Å². The Morgan fingerprint density at radius 3 is 2.35 bits per heavy atom. The summed E-state index contributed by atoms with van der Waals surface area (Å²) >= 11 is 0. The second-order valence-electron chi connectivity index (χ2n) is 5.80. The molecule has 0 bridgehead atoms. The molecule has 0 aliphatic carbocycles. The molecule has 0 aliphatic heterocycles. The van der Waals surface area contributed by atoms with Gasteiger partial charge in [0.1, 0.15) is 11.8 Å². The van der Waals surface area contributed by atoms with Gasteiger partial charge in [0.2, 0.25) is 0 Å². The Balaban J connectivity index is 2.98. The first kappa shape index (κ1) is 16.0. The maximum atomic E-state index is 12.2. The highest BCUT2D eigenvalue weighted by molar-refractivity contribution is 5.97. The van der Waals surface area contributed by atoms with Crippen molar-refractivity contribution in [3.05, 3.63) is 29.3 Å². The fraction of sp³-hybridized carbons (Fsp3) is 0.467. The second-order valence-corrected chi connectivity index (χ2v) is 5.80. The van der Waals surface area contributed by atoms with Crippen molar-refractivity contribution in [1.29, 1.82) is 0 Å². The van der Waals surface area contributed by atoms with Gasteiger partial charge in [0, 0.05) is 5.56 Å². The molecule has 2 N–H and O–H groups in total. The maximum absolute atomic E-state index is 12.2. The van der Waals surface area contributed by atoms with Crippen molar-refractivity contribution in [2.45, 2.75) is 33.7 Å². The van der Waals surface area contributed by atoms with E-state index in [0.29, 0.717) is 11.3 Å². The van der Waals surface area contributed by atoms with Crippen LogP contribution in [0.1, 0.15) is 36.7 Å². The molecule has 0 aliphatic rings. The molecule has 5 heteroatoms. The van der Waals surface area contributed by atoms with Crippen LogP contribution >= 0.6 is 0 Å². The first-order valence-electron chi connectivity index (χ1n) is 6.35. The molecule has 20 heavy (non-hydrogen) atoms. The van der Waals surface area contributed by atoms with E-state index in [1.54, 1.807) is 39.0 Å². The van der Waals surface area contributed by atoms with Gasteiger partial charge in [0.15, 0.2) is 0 Å². The van der Waals surface area contributed by atoms with Crippen molar-refractivity contribution in [2.24, 2.45) is 5.41 Å². The van der Waals surface area contributed by atoms with Crippen molar-refractivity contribution in [2.75, 3.05) is 7.11 Å². The SMILES string of the molecule is COc1cc(C(=O)N[C@@H](C(=O)O)C(C)(C)C)ccc1C. The number of hydrogen-bond donors (Lipinski definition) is 2. The molecule has 0 spiro atoms. The average molecular weight is 279 g/mol. The van der Waals surface area contributed by atoms with Crippen LogP contribution in [0.4, 0.5) is 0 Å². The highest BCUT2D eigenvalue weighted by Crippen LogP contribution is 2.22. The van der Waals surface area contributed by atoms with Gasteiger partial charge >= 0.3 is 5.97 Å². The van der Waals surface area contributed by atoms with Crippen LogP contribution in [0.25, 0.3) is 0 Å². The summed E-state index contributed by atoms with van der Waals surface area (Å²) in [5.41, 5.74) is 0.716. The molecular weight excluding hydrogens is 258 g/mol. The van der Waals surface area contributed by atoms with Crippen molar-refractivity contribution in [3.63, 3.8) is 0 Å². The number of carboxylic acids is 1. The number of nitrogens with one attached hydrogen (secondary N) is 1. The van der Waals surface area contributed by atoms with E-state index in [2.05, 4.69) is 5.32 Å². The Morgan fingerprint density at radius 1 is 1.30 bits per heavy atom. The molecule has 110 valence electrons. The lowest BCUT2D eigenvalue weighted by Crippen LogP contribution is -2.49. The normalized spacial score (nSPS) is 12.7. The zero-order valence-electron chi connectivity index (χ0n) is 12.5. The Morgan fingerprint density at radius 2 is 1.90 bits per heavy atom. The molecule has 0 unspecified atom stereocenters. The molecule has 0 saturated heterocycles. The van der Waals surface area contributed by atoms with Crippen LogP contribution in [-0.2, 0) is 4.79 Å². The number of carbonyl (C=O) groups excluding carboxylic acids is 1. The number of ether oxygens (including phenoxy) is 1. The first-order valence-corrected chi connectivity index (χ1v) is 6.35. The molecule has 0 aromatic heterocycles. The van der Waals surface area contributed by atoms with E-state index in [1.165, 1.54) is 7.11 Å². The van der Waals surface area contributed by atoms with Gasteiger partial charge in [-0.3, -0.25) is 4.79 Å². The van der Waals surface area contributed by atoms with E-state index in [9.17, 15) is 14.7 Å². The van der Waals surface area contributed by atoms with Gasteiger partial charge in [-0.2, -0.15) is 0 Å². The van der Waals surface area contributed by atoms with E-state index >= 15 is 0 Å². The number of amides is 1. The highest BCUT2D eigenvalue weighted by atomic mass is 16.5.